The van der Waals surface area contributed by atoms with Crippen LogP contribution in [0.1, 0.15) is 29.5 Å². The van der Waals surface area contributed by atoms with Crippen LogP contribution in [0.5, 0.6) is 0 Å². The van der Waals surface area contributed by atoms with Crippen LogP contribution in [0.3, 0.4) is 0 Å². The van der Waals surface area contributed by atoms with Gasteiger partial charge >= 0.3 is 0 Å². The third-order valence-corrected chi connectivity index (χ3v) is 4.34. The van der Waals surface area contributed by atoms with Gasteiger partial charge in [-0.15, -0.1) is 0 Å². The zero-order valence-corrected chi connectivity index (χ0v) is 11.7. The van der Waals surface area contributed by atoms with Gasteiger partial charge in [0.05, 0.1) is 16.8 Å². The minimum absolute atomic E-state index is 0.643. The van der Waals surface area contributed by atoms with Gasteiger partial charge in [-0.05, 0) is 48.9 Å². The zero-order valence-electron chi connectivity index (χ0n) is 11.7. The Morgan fingerprint density at radius 1 is 1.05 bits per heavy atom. The van der Waals surface area contributed by atoms with E-state index in [-0.39, 0.29) is 0 Å². The Bertz CT molecular complexity index is 868. The molecule has 1 N–H and O–H groups in total. The van der Waals surface area contributed by atoms with Gasteiger partial charge in [0.2, 0.25) is 0 Å². The summed E-state index contributed by atoms with van der Waals surface area (Å²) in [6.07, 6.45) is 4.92. The standard InChI is InChI=1S/C18H15N3/c19-11-15-6-3-7-16-17(20-21-18(15)16)14-9-8-12-4-1-2-5-13(12)10-14/h3,6-10H,1-2,4-5H2,(H,20,21). The summed E-state index contributed by atoms with van der Waals surface area (Å²) in [5, 5.41) is 17.7. The van der Waals surface area contributed by atoms with Crippen molar-refractivity contribution < 1.29 is 0 Å². The molecule has 1 aliphatic carbocycles. The number of fused-ring (bicyclic) bond motifs is 2. The number of benzene rings is 2. The molecule has 0 radical (unpaired) electrons. The highest BCUT2D eigenvalue weighted by atomic mass is 15.1. The lowest BCUT2D eigenvalue weighted by Gasteiger charge is -2.16. The van der Waals surface area contributed by atoms with Gasteiger partial charge in [-0.2, -0.15) is 10.4 Å². The Balaban J connectivity index is 1.89. The van der Waals surface area contributed by atoms with Crippen LogP contribution in [0.2, 0.25) is 0 Å². The van der Waals surface area contributed by atoms with Crippen LogP contribution in [0, 0.1) is 11.3 Å². The summed E-state index contributed by atoms with van der Waals surface area (Å²) < 4.78 is 0. The van der Waals surface area contributed by atoms with Crippen molar-refractivity contribution in [1.29, 1.82) is 5.26 Å². The van der Waals surface area contributed by atoms with E-state index in [1.807, 2.05) is 18.2 Å². The summed E-state index contributed by atoms with van der Waals surface area (Å²) in [7, 11) is 0. The summed E-state index contributed by atoms with van der Waals surface area (Å²) in [5.41, 5.74) is 6.47. The van der Waals surface area contributed by atoms with E-state index in [1.165, 1.54) is 30.4 Å². The van der Waals surface area contributed by atoms with Crippen LogP contribution in [-0.2, 0) is 12.8 Å². The number of hydrogen-bond donors (Lipinski definition) is 1. The second kappa shape index (κ2) is 4.75. The van der Waals surface area contributed by atoms with Crippen LogP contribution in [-0.4, -0.2) is 10.2 Å². The Morgan fingerprint density at radius 2 is 1.90 bits per heavy atom. The Kier molecular flexibility index (Phi) is 2.75. The highest BCUT2D eigenvalue weighted by Gasteiger charge is 2.14. The Morgan fingerprint density at radius 3 is 2.76 bits per heavy atom. The first kappa shape index (κ1) is 12.2. The smallest absolute Gasteiger partial charge is 0.101 e. The van der Waals surface area contributed by atoms with E-state index in [2.05, 4.69) is 34.5 Å². The number of hydrogen-bond acceptors (Lipinski definition) is 2. The number of rotatable bonds is 1. The number of para-hydroxylation sites is 1. The predicted molar refractivity (Wildman–Crippen MR) is 82.9 cm³/mol. The van der Waals surface area contributed by atoms with Gasteiger partial charge in [0, 0.05) is 10.9 Å². The third kappa shape index (κ3) is 1.92. The molecule has 0 amide bonds. The highest BCUT2D eigenvalue weighted by Crippen LogP contribution is 2.31. The molecule has 0 unspecified atom stereocenters. The Labute approximate surface area is 123 Å². The number of aryl methyl sites for hydroxylation is 2. The quantitative estimate of drug-likeness (QED) is 0.729. The monoisotopic (exact) mass is 273 g/mol. The van der Waals surface area contributed by atoms with Gasteiger partial charge in [0.1, 0.15) is 6.07 Å². The second-order valence-electron chi connectivity index (χ2n) is 5.60. The number of H-pyrrole nitrogens is 1. The fraction of sp³-hybridized carbons (Fsp3) is 0.222. The lowest BCUT2D eigenvalue weighted by atomic mass is 9.89. The van der Waals surface area contributed by atoms with Gasteiger partial charge in [-0.25, -0.2) is 0 Å². The molecule has 3 heteroatoms. The number of aromatic nitrogens is 2. The number of nitrogens with one attached hydrogen (secondary N) is 1. The van der Waals surface area contributed by atoms with E-state index in [9.17, 15) is 5.26 Å². The lowest BCUT2D eigenvalue weighted by molar-refractivity contribution is 0.686. The topological polar surface area (TPSA) is 52.5 Å². The number of aromatic amines is 1. The Hall–Kier alpha value is -2.60. The van der Waals surface area contributed by atoms with E-state index < -0.39 is 0 Å². The molecule has 1 aromatic heterocycles. The predicted octanol–water partition coefficient (Wildman–Crippen LogP) is 3.98. The molecule has 4 rings (SSSR count). The van der Waals surface area contributed by atoms with Crippen LogP contribution < -0.4 is 0 Å². The molecule has 2 aromatic carbocycles. The zero-order chi connectivity index (χ0) is 14.2. The maximum Gasteiger partial charge on any atom is 0.101 e. The van der Waals surface area contributed by atoms with Crippen molar-refractivity contribution in [3.8, 4) is 17.3 Å². The first-order valence-corrected chi connectivity index (χ1v) is 7.36. The first-order chi connectivity index (χ1) is 10.4. The van der Waals surface area contributed by atoms with E-state index in [0.29, 0.717) is 5.56 Å². The van der Waals surface area contributed by atoms with Gasteiger partial charge in [0.15, 0.2) is 0 Å². The van der Waals surface area contributed by atoms with Crippen LogP contribution in [0.25, 0.3) is 22.2 Å². The van der Waals surface area contributed by atoms with Crippen molar-refractivity contribution in [2.75, 3.05) is 0 Å². The van der Waals surface area contributed by atoms with Gasteiger partial charge in [0.25, 0.3) is 0 Å². The summed E-state index contributed by atoms with van der Waals surface area (Å²) in [4.78, 5) is 0. The molecule has 3 nitrogen and oxygen atoms in total. The van der Waals surface area contributed by atoms with Crippen LogP contribution in [0.15, 0.2) is 36.4 Å². The van der Waals surface area contributed by atoms with Crippen LogP contribution >= 0.6 is 0 Å². The summed E-state index contributed by atoms with van der Waals surface area (Å²) in [5.74, 6) is 0. The lowest BCUT2D eigenvalue weighted by Crippen LogP contribution is -2.02. The van der Waals surface area contributed by atoms with Crippen molar-refractivity contribution in [2.24, 2.45) is 0 Å². The van der Waals surface area contributed by atoms with E-state index >= 15 is 0 Å². The molecule has 1 aliphatic rings. The van der Waals surface area contributed by atoms with Gasteiger partial charge < -0.3 is 0 Å². The molecule has 3 aromatic rings. The highest BCUT2D eigenvalue weighted by molar-refractivity contribution is 5.95. The molecular weight excluding hydrogens is 258 g/mol. The summed E-state index contributed by atoms with van der Waals surface area (Å²) >= 11 is 0. The maximum absolute atomic E-state index is 9.18. The molecule has 0 fully saturated rings. The van der Waals surface area contributed by atoms with Gasteiger partial charge in [-0.3, -0.25) is 5.10 Å². The normalized spacial score (nSPS) is 13.9. The second-order valence-corrected chi connectivity index (χ2v) is 5.60. The average molecular weight is 273 g/mol. The molecule has 0 bridgehead atoms. The minimum Gasteiger partial charge on any atom is -0.276 e. The number of nitriles is 1. The van der Waals surface area contributed by atoms with E-state index in [0.717, 1.165) is 28.6 Å². The van der Waals surface area contributed by atoms with Gasteiger partial charge in [-0.1, -0.05) is 24.3 Å². The molecule has 21 heavy (non-hydrogen) atoms. The third-order valence-electron chi connectivity index (χ3n) is 4.34. The van der Waals surface area contributed by atoms with Crippen LogP contribution in [0.4, 0.5) is 0 Å². The van der Waals surface area contributed by atoms with Crippen molar-refractivity contribution in [3.05, 3.63) is 53.1 Å². The van der Waals surface area contributed by atoms with Crippen molar-refractivity contribution in [3.63, 3.8) is 0 Å². The fourth-order valence-electron chi connectivity index (χ4n) is 3.24. The summed E-state index contributed by atoms with van der Waals surface area (Å²) in [6.45, 7) is 0. The molecule has 102 valence electrons. The molecular formula is C18H15N3. The van der Waals surface area contributed by atoms with Crippen molar-refractivity contribution in [1.82, 2.24) is 10.2 Å². The largest absolute Gasteiger partial charge is 0.276 e. The first-order valence-electron chi connectivity index (χ1n) is 7.36. The molecule has 0 spiro atoms. The van der Waals surface area contributed by atoms with E-state index in [1.54, 1.807) is 0 Å². The molecule has 0 aliphatic heterocycles. The van der Waals surface area contributed by atoms with Crippen molar-refractivity contribution in [2.45, 2.75) is 25.7 Å². The molecule has 0 atom stereocenters. The summed E-state index contributed by atoms with van der Waals surface area (Å²) in [6, 6.07) is 14.6. The molecule has 1 heterocycles. The molecule has 0 saturated heterocycles. The molecule has 0 saturated carbocycles. The SMILES string of the molecule is N#Cc1cccc2c(-c3ccc4c(c3)CCCC4)n[nH]c12. The maximum atomic E-state index is 9.18. The fourth-order valence-corrected chi connectivity index (χ4v) is 3.24. The van der Waals surface area contributed by atoms with E-state index in [4.69, 9.17) is 0 Å². The average Bonchev–Trinajstić information content (AvgIpc) is 2.98. The minimum atomic E-state index is 0.643. The number of nitrogens with zero attached hydrogens (tertiary/aromatic N) is 2. The van der Waals surface area contributed by atoms with Crippen molar-refractivity contribution >= 4 is 10.9 Å².